The van der Waals surface area contributed by atoms with Gasteiger partial charge >= 0.3 is 0 Å². The van der Waals surface area contributed by atoms with Gasteiger partial charge in [0.25, 0.3) is 0 Å². The quantitative estimate of drug-likeness (QED) is 0.245. The van der Waals surface area contributed by atoms with Gasteiger partial charge < -0.3 is 9.97 Å². The first kappa shape index (κ1) is 24.1. The fourth-order valence-corrected chi connectivity index (χ4v) is 5.44. The number of nitrogens with one attached hydrogen (secondary N) is 2. The summed E-state index contributed by atoms with van der Waals surface area (Å²) in [6.07, 6.45) is 8.38. The number of hydrogen-bond donors (Lipinski definition) is 2. The Hall–Kier alpha value is -4.96. The Kier molecular flexibility index (Phi) is 5.82. The van der Waals surface area contributed by atoms with Crippen molar-refractivity contribution in [2.75, 3.05) is 0 Å². The summed E-state index contributed by atoms with van der Waals surface area (Å²) in [6, 6.07) is 30.2. The Labute approximate surface area is 233 Å². The monoisotopic (exact) mass is 518 g/mol. The molecule has 2 aliphatic heterocycles. The minimum atomic E-state index is 0.484. The molecule has 0 atom stereocenters. The molecule has 2 aliphatic rings. The SMILES string of the molecule is Cc1ccc(-c2c3nc(cc4ccc([nH]4)c(-c4ccc(C(C)C)cc4)c4nc(cc5ccc2[nH]5)C=C4)C=C3)cc1. The average molecular weight is 519 g/mol. The Morgan fingerprint density at radius 1 is 0.550 bits per heavy atom. The highest BCUT2D eigenvalue weighted by Crippen LogP contribution is 2.33. The van der Waals surface area contributed by atoms with E-state index in [0.29, 0.717) is 5.92 Å². The average Bonchev–Trinajstić information content (AvgIpc) is 3.76. The third-order valence-corrected chi connectivity index (χ3v) is 7.60. The lowest BCUT2D eigenvalue weighted by molar-refractivity contribution is 0.867. The molecule has 0 fully saturated rings. The zero-order chi connectivity index (χ0) is 27.2. The van der Waals surface area contributed by atoms with Crippen LogP contribution in [0.15, 0.2) is 84.9 Å². The smallest absolute Gasteiger partial charge is 0.0736 e. The van der Waals surface area contributed by atoms with Crippen molar-refractivity contribution in [2.24, 2.45) is 0 Å². The molecule has 3 aromatic heterocycles. The number of aromatic amines is 2. The molecule has 0 saturated carbocycles. The highest BCUT2D eigenvalue weighted by atomic mass is 14.8. The number of hydrogen-bond acceptors (Lipinski definition) is 2. The third kappa shape index (κ3) is 4.48. The topological polar surface area (TPSA) is 57.4 Å². The summed E-state index contributed by atoms with van der Waals surface area (Å²) in [6.45, 7) is 6.55. The van der Waals surface area contributed by atoms with Gasteiger partial charge in [-0.05, 0) is 90.2 Å². The van der Waals surface area contributed by atoms with Crippen LogP contribution in [-0.4, -0.2) is 19.9 Å². The van der Waals surface area contributed by atoms with Gasteiger partial charge in [0.1, 0.15) is 0 Å². The maximum atomic E-state index is 5.06. The number of aryl methyl sites for hydroxylation is 1. The third-order valence-electron chi connectivity index (χ3n) is 7.60. The van der Waals surface area contributed by atoms with Crippen LogP contribution in [-0.2, 0) is 0 Å². The summed E-state index contributed by atoms with van der Waals surface area (Å²) in [7, 11) is 0. The number of aromatic nitrogens is 4. The van der Waals surface area contributed by atoms with Crippen molar-refractivity contribution in [1.82, 2.24) is 19.9 Å². The molecule has 0 amide bonds. The van der Waals surface area contributed by atoms with Crippen molar-refractivity contribution in [3.63, 3.8) is 0 Å². The Morgan fingerprint density at radius 2 is 1.02 bits per heavy atom. The standard InChI is InChI=1S/C36H30N4/c1-22(2)24-8-10-26(11-9-24)36-33-18-14-29(39-33)20-27-12-16-31(37-27)35(25-6-4-23(3)5-7-25)32-17-13-28(38-32)21-30-15-19-34(36)40-30/h4-22,37,40H,1-3H3. The lowest BCUT2D eigenvalue weighted by atomic mass is 9.98. The summed E-state index contributed by atoms with van der Waals surface area (Å²) in [4.78, 5) is 17.4. The van der Waals surface area contributed by atoms with Gasteiger partial charge in [-0.2, -0.15) is 0 Å². The van der Waals surface area contributed by atoms with Crippen LogP contribution in [0.1, 0.15) is 53.7 Å². The maximum Gasteiger partial charge on any atom is 0.0736 e. The lowest BCUT2D eigenvalue weighted by Gasteiger charge is -2.08. The van der Waals surface area contributed by atoms with Crippen molar-refractivity contribution in [1.29, 1.82) is 0 Å². The number of H-pyrrole nitrogens is 2. The lowest BCUT2D eigenvalue weighted by Crippen LogP contribution is -1.89. The summed E-state index contributed by atoms with van der Waals surface area (Å²) >= 11 is 0. The predicted octanol–water partition coefficient (Wildman–Crippen LogP) is 9.42. The molecule has 40 heavy (non-hydrogen) atoms. The first-order valence-corrected chi connectivity index (χ1v) is 13.8. The van der Waals surface area contributed by atoms with Crippen LogP contribution in [0, 0.1) is 6.92 Å². The molecule has 2 N–H and O–H groups in total. The van der Waals surface area contributed by atoms with E-state index in [1.807, 2.05) is 0 Å². The Morgan fingerprint density at radius 3 is 1.50 bits per heavy atom. The molecule has 0 aliphatic carbocycles. The van der Waals surface area contributed by atoms with Crippen LogP contribution < -0.4 is 0 Å². The molecule has 0 radical (unpaired) electrons. The van der Waals surface area contributed by atoms with Crippen molar-refractivity contribution < 1.29 is 0 Å². The highest BCUT2D eigenvalue weighted by Gasteiger charge is 2.13. The van der Waals surface area contributed by atoms with Gasteiger partial charge in [0.2, 0.25) is 0 Å². The van der Waals surface area contributed by atoms with Gasteiger partial charge in [-0.1, -0.05) is 67.9 Å². The fraction of sp³-hybridized carbons (Fsp3) is 0.111. The molecule has 5 heterocycles. The molecule has 0 saturated heterocycles. The van der Waals surface area contributed by atoms with Gasteiger partial charge in [0.05, 0.1) is 22.8 Å². The molecule has 7 rings (SSSR count). The highest BCUT2D eigenvalue weighted by molar-refractivity contribution is 5.93. The zero-order valence-electron chi connectivity index (χ0n) is 22.9. The molecule has 0 unspecified atom stereocenters. The molecular weight excluding hydrogens is 488 g/mol. The van der Waals surface area contributed by atoms with Crippen LogP contribution >= 0.6 is 0 Å². The van der Waals surface area contributed by atoms with E-state index in [2.05, 4.69) is 140 Å². The van der Waals surface area contributed by atoms with Crippen molar-refractivity contribution in [3.8, 4) is 22.3 Å². The minimum absolute atomic E-state index is 0.484. The van der Waals surface area contributed by atoms with E-state index in [9.17, 15) is 0 Å². The van der Waals surface area contributed by atoms with Gasteiger partial charge in [-0.15, -0.1) is 0 Å². The van der Waals surface area contributed by atoms with Crippen LogP contribution in [0.5, 0.6) is 0 Å². The molecular formula is C36H30N4. The van der Waals surface area contributed by atoms with Crippen LogP contribution in [0.3, 0.4) is 0 Å². The zero-order valence-corrected chi connectivity index (χ0v) is 22.9. The van der Waals surface area contributed by atoms with E-state index in [4.69, 9.17) is 9.97 Å². The summed E-state index contributed by atoms with van der Waals surface area (Å²) < 4.78 is 0. The van der Waals surface area contributed by atoms with E-state index in [1.54, 1.807) is 0 Å². The van der Waals surface area contributed by atoms with Gasteiger partial charge in [0, 0.05) is 33.2 Å². The van der Waals surface area contributed by atoms with Crippen molar-refractivity contribution in [3.05, 3.63) is 119 Å². The van der Waals surface area contributed by atoms with Gasteiger partial charge in [-0.25, -0.2) is 9.97 Å². The van der Waals surface area contributed by atoms with Crippen LogP contribution in [0.25, 0.3) is 68.6 Å². The first-order valence-electron chi connectivity index (χ1n) is 13.8. The Balaban J connectivity index is 1.52. The second-order valence-corrected chi connectivity index (χ2v) is 10.8. The van der Waals surface area contributed by atoms with Gasteiger partial charge in [0.15, 0.2) is 0 Å². The fourth-order valence-electron chi connectivity index (χ4n) is 5.44. The normalized spacial score (nSPS) is 12.4. The number of nitrogens with zero attached hydrogens (tertiary/aromatic N) is 2. The molecule has 0 spiro atoms. The van der Waals surface area contributed by atoms with E-state index >= 15 is 0 Å². The largest absolute Gasteiger partial charge is 0.355 e. The molecule has 4 nitrogen and oxygen atoms in total. The minimum Gasteiger partial charge on any atom is -0.355 e. The van der Waals surface area contributed by atoms with Crippen molar-refractivity contribution in [2.45, 2.75) is 26.7 Å². The van der Waals surface area contributed by atoms with Gasteiger partial charge in [-0.3, -0.25) is 0 Å². The van der Waals surface area contributed by atoms with Crippen LogP contribution in [0.4, 0.5) is 0 Å². The molecule has 2 aromatic carbocycles. The van der Waals surface area contributed by atoms with E-state index in [0.717, 1.165) is 67.1 Å². The molecule has 194 valence electrons. The first-order chi connectivity index (χ1) is 19.5. The Bertz CT molecular complexity index is 1960. The van der Waals surface area contributed by atoms with E-state index in [1.165, 1.54) is 11.1 Å². The maximum absolute atomic E-state index is 5.06. The number of rotatable bonds is 3. The second kappa shape index (κ2) is 9.65. The number of benzene rings is 2. The number of fused-ring (bicyclic) bond motifs is 8. The summed E-state index contributed by atoms with van der Waals surface area (Å²) in [5.41, 5.74) is 14.7. The predicted molar refractivity (Wildman–Crippen MR) is 169 cm³/mol. The van der Waals surface area contributed by atoms with E-state index in [-0.39, 0.29) is 0 Å². The van der Waals surface area contributed by atoms with E-state index < -0.39 is 0 Å². The summed E-state index contributed by atoms with van der Waals surface area (Å²) in [5, 5.41) is 0. The molecule has 8 bridgehead atoms. The molecule has 5 aromatic rings. The van der Waals surface area contributed by atoms with Crippen LogP contribution in [0.2, 0.25) is 0 Å². The summed E-state index contributed by atoms with van der Waals surface area (Å²) in [5.74, 6) is 0.484. The molecule has 4 heteroatoms. The van der Waals surface area contributed by atoms with Crippen molar-refractivity contribution >= 4 is 46.4 Å². The second-order valence-electron chi connectivity index (χ2n) is 10.8.